The van der Waals surface area contributed by atoms with Crippen LogP contribution in [0.2, 0.25) is 0 Å². The highest BCUT2D eigenvalue weighted by atomic mass is 32.2. The summed E-state index contributed by atoms with van der Waals surface area (Å²) in [4.78, 5) is 19.4. The van der Waals surface area contributed by atoms with E-state index in [0.717, 1.165) is 38.6 Å². The van der Waals surface area contributed by atoms with Gasteiger partial charge in [0, 0.05) is 11.6 Å². The maximum Gasteiger partial charge on any atom is 0.265 e. The topological polar surface area (TPSA) is 76.6 Å². The van der Waals surface area contributed by atoms with Crippen molar-refractivity contribution in [3.8, 4) is 0 Å². The maximum atomic E-state index is 13.4. The van der Waals surface area contributed by atoms with Gasteiger partial charge >= 0.3 is 0 Å². The van der Waals surface area contributed by atoms with E-state index in [9.17, 15) is 13.2 Å². The number of nitrogens with zero attached hydrogens (tertiary/aromatic N) is 2. The number of anilines is 1. The number of fused-ring (bicyclic) bond motifs is 5. The molecule has 2 atom stereocenters. The third kappa shape index (κ3) is 3.24. The van der Waals surface area contributed by atoms with Crippen LogP contribution in [0, 0.1) is 0 Å². The lowest BCUT2D eigenvalue weighted by Gasteiger charge is -2.45. The van der Waals surface area contributed by atoms with Crippen molar-refractivity contribution in [2.45, 2.75) is 12.1 Å². The van der Waals surface area contributed by atoms with Gasteiger partial charge in [-0.1, -0.05) is 66.7 Å². The Labute approximate surface area is 196 Å². The summed E-state index contributed by atoms with van der Waals surface area (Å²) in [5.41, 5.74) is 1.27. The minimum Gasteiger partial charge on any atom is -0.297 e. The Morgan fingerprint density at radius 3 is 2.21 bits per heavy atom. The van der Waals surface area contributed by atoms with E-state index >= 15 is 0 Å². The summed E-state index contributed by atoms with van der Waals surface area (Å²) in [6.07, 6.45) is 1.42. The monoisotopic (exact) mass is 468 g/mol. The fourth-order valence-corrected chi connectivity index (χ4v) is 5.46. The van der Waals surface area contributed by atoms with Crippen LogP contribution in [-0.2, 0) is 19.1 Å². The van der Waals surface area contributed by atoms with Crippen molar-refractivity contribution in [2.24, 2.45) is 0 Å². The molecule has 0 bridgehead atoms. The van der Waals surface area contributed by atoms with E-state index < -0.39 is 28.2 Å². The highest BCUT2D eigenvalue weighted by Crippen LogP contribution is 2.46. The first kappa shape index (κ1) is 20.8. The highest BCUT2D eigenvalue weighted by molar-refractivity contribution is 7.86. The number of benzene rings is 4. The predicted molar refractivity (Wildman–Crippen MR) is 133 cm³/mol. The molecule has 0 N–H and O–H groups in total. The molecule has 1 aliphatic heterocycles. The lowest BCUT2D eigenvalue weighted by atomic mass is 9.90. The van der Waals surface area contributed by atoms with Crippen molar-refractivity contribution in [1.29, 1.82) is 0 Å². The summed E-state index contributed by atoms with van der Waals surface area (Å²) in [6.45, 7) is 0. The summed E-state index contributed by atoms with van der Waals surface area (Å²) in [7, 11) is -3.84. The Bertz CT molecular complexity index is 1700. The first-order chi connectivity index (χ1) is 16.4. The fourth-order valence-electron chi connectivity index (χ4n) is 4.89. The number of carbonyl (C=O) groups is 1. The van der Waals surface area contributed by atoms with Gasteiger partial charge in [-0.15, -0.1) is 0 Å². The Morgan fingerprint density at radius 2 is 1.47 bits per heavy atom. The molecular formula is C27H20N2O4S. The van der Waals surface area contributed by atoms with Crippen LogP contribution in [0.4, 0.5) is 5.69 Å². The van der Waals surface area contributed by atoms with Crippen LogP contribution in [0.3, 0.4) is 0 Å². The first-order valence-corrected chi connectivity index (χ1v) is 12.7. The van der Waals surface area contributed by atoms with Gasteiger partial charge in [0.25, 0.3) is 16.0 Å². The molecule has 168 valence electrons. The molecule has 0 unspecified atom stereocenters. The van der Waals surface area contributed by atoms with Gasteiger partial charge in [0.2, 0.25) is 0 Å². The molecule has 0 radical (unpaired) electrons. The second-order valence-electron chi connectivity index (χ2n) is 8.45. The van der Waals surface area contributed by atoms with Gasteiger partial charge in [0.1, 0.15) is 6.04 Å². The molecule has 6 nitrogen and oxygen atoms in total. The molecule has 1 saturated heterocycles. The van der Waals surface area contributed by atoms with E-state index in [4.69, 9.17) is 4.18 Å². The molecule has 34 heavy (non-hydrogen) atoms. The van der Waals surface area contributed by atoms with Crippen molar-refractivity contribution in [1.82, 2.24) is 4.98 Å². The second kappa shape index (κ2) is 7.62. The number of hydrogen-bond donors (Lipinski definition) is 0. The number of amides is 1. The summed E-state index contributed by atoms with van der Waals surface area (Å²) < 4.78 is 29.1. The Hall–Kier alpha value is -3.81. The van der Waals surface area contributed by atoms with Gasteiger partial charge in [0.05, 0.1) is 17.6 Å². The average Bonchev–Trinajstić information content (AvgIpc) is 2.85. The van der Waals surface area contributed by atoms with E-state index in [1.54, 1.807) is 23.2 Å². The quantitative estimate of drug-likeness (QED) is 0.211. The van der Waals surface area contributed by atoms with Crippen LogP contribution in [0.1, 0.15) is 11.7 Å². The molecule has 5 aromatic rings. The van der Waals surface area contributed by atoms with E-state index in [0.29, 0.717) is 11.4 Å². The van der Waals surface area contributed by atoms with E-state index in [2.05, 4.69) is 29.2 Å². The molecule has 1 aromatic heterocycles. The third-order valence-electron chi connectivity index (χ3n) is 6.32. The SMILES string of the molecule is CS(=O)(=O)O[C@H]1C(=O)N(c2cc3c4ccccc4ccc3c3ccccc23)[C@@H]1c1ccccn1. The van der Waals surface area contributed by atoms with Gasteiger partial charge in [-0.2, -0.15) is 8.42 Å². The fraction of sp³-hybridized carbons (Fsp3) is 0.111. The van der Waals surface area contributed by atoms with E-state index in [-0.39, 0.29) is 0 Å². The van der Waals surface area contributed by atoms with Gasteiger partial charge in [-0.25, -0.2) is 0 Å². The maximum absolute atomic E-state index is 13.4. The van der Waals surface area contributed by atoms with Crippen LogP contribution >= 0.6 is 0 Å². The lowest BCUT2D eigenvalue weighted by molar-refractivity contribution is -0.134. The summed E-state index contributed by atoms with van der Waals surface area (Å²) >= 11 is 0. The van der Waals surface area contributed by atoms with Crippen LogP contribution in [0.15, 0.2) is 91.1 Å². The zero-order valence-corrected chi connectivity index (χ0v) is 19.1. The number of hydrogen-bond acceptors (Lipinski definition) is 5. The van der Waals surface area contributed by atoms with Crippen molar-refractivity contribution < 1.29 is 17.4 Å². The van der Waals surface area contributed by atoms with Crippen molar-refractivity contribution in [3.05, 3.63) is 96.8 Å². The van der Waals surface area contributed by atoms with Crippen molar-refractivity contribution >= 4 is 54.0 Å². The normalized spacial score (nSPS) is 18.5. The second-order valence-corrected chi connectivity index (χ2v) is 10.1. The first-order valence-electron chi connectivity index (χ1n) is 10.9. The Kier molecular flexibility index (Phi) is 4.65. The predicted octanol–water partition coefficient (Wildman–Crippen LogP) is 4.97. The van der Waals surface area contributed by atoms with Crippen molar-refractivity contribution in [3.63, 3.8) is 0 Å². The van der Waals surface area contributed by atoms with Crippen molar-refractivity contribution in [2.75, 3.05) is 11.2 Å². The molecule has 4 aromatic carbocycles. The molecule has 0 saturated carbocycles. The Morgan fingerprint density at radius 1 is 0.794 bits per heavy atom. The lowest BCUT2D eigenvalue weighted by Crippen LogP contribution is -2.61. The molecule has 6 rings (SSSR count). The summed E-state index contributed by atoms with van der Waals surface area (Å²) in [5, 5.41) is 6.21. The number of carbonyl (C=O) groups excluding carboxylic acids is 1. The highest BCUT2D eigenvalue weighted by Gasteiger charge is 2.53. The minimum atomic E-state index is -3.84. The molecule has 1 amide bonds. The van der Waals surface area contributed by atoms with Gasteiger partial charge in [0.15, 0.2) is 6.10 Å². The molecule has 0 spiro atoms. The molecule has 1 aliphatic rings. The molecule has 2 heterocycles. The van der Waals surface area contributed by atoms with Crippen LogP contribution in [0.25, 0.3) is 32.3 Å². The summed E-state index contributed by atoms with van der Waals surface area (Å²) in [5.74, 6) is -0.411. The average molecular weight is 469 g/mol. The number of β-lactam (4-membered cyclic amide) rings is 1. The van der Waals surface area contributed by atoms with E-state index in [1.165, 1.54) is 0 Å². The largest absolute Gasteiger partial charge is 0.297 e. The van der Waals surface area contributed by atoms with Crippen LogP contribution in [0.5, 0.6) is 0 Å². The molecule has 1 fully saturated rings. The molecular weight excluding hydrogens is 448 g/mol. The third-order valence-corrected chi connectivity index (χ3v) is 6.88. The van der Waals surface area contributed by atoms with Crippen LogP contribution in [-0.4, -0.2) is 31.7 Å². The molecule has 0 aliphatic carbocycles. The van der Waals surface area contributed by atoms with E-state index in [1.807, 2.05) is 48.5 Å². The standard InChI is InChI=1S/C27H20N2O4S/c1-34(31,32)33-26-25(23-12-6-7-15-28-23)29(27(26)30)24-16-22-18-9-3-2-8-17(18)13-14-20(22)19-10-4-5-11-21(19)24/h2-16,25-26H,1H3/t25-,26-/m1/s1. The number of rotatable bonds is 4. The smallest absolute Gasteiger partial charge is 0.265 e. The molecule has 7 heteroatoms. The zero-order valence-electron chi connectivity index (χ0n) is 18.3. The summed E-state index contributed by atoms with van der Waals surface area (Å²) in [6, 6.07) is 27.0. The van der Waals surface area contributed by atoms with Gasteiger partial charge in [-0.05, 0) is 45.1 Å². The minimum absolute atomic E-state index is 0.411. The van der Waals surface area contributed by atoms with Crippen LogP contribution < -0.4 is 4.90 Å². The van der Waals surface area contributed by atoms with Gasteiger partial charge < -0.3 is 0 Å². The Balaban J connectivity index is 1.62. The number of aromatic nitrogens is 1. The number of pyridine rings is 1. The van der Waals surface area contributed by atoms with Gasteiger partial charge in [-0.3, -0.25) is 18.9 Å². The zero-order chi connectivity index (χ0) is 23.4.